The summed E-state index contributed by atoms with van der Waals surface area (Å²) in [6, 6.07) is 0. The highest BCUT2D eigenvalue weighted by atomic mass is 16.5. The van der Waals surface area contributed by atoms with Crippen LogP contribution >= 0.6 is 0 Å². The third kappa shape index (κ3) is 34.0. The second-order valence-corrected chi connectivity index (χ2v) is 11.6. The molecule has 0 bridgehead atoms. The van der Waals surface area contributed by atoms with E-state index >= 15 is 0 Å². The molecular formula is C34H70O6. The summed E-state index contributed by atoms with van der Waals surface area (Å²) in [4.78, 5) is 0. The van der Waals surface area contributed by atoms with Gasteiger partial charge in [0.2, 0.25) is 0 Å². The molecular weight excluding hydrogens is 504 g/mol. The van der Waals surface area contributed by atoms with Crippen molar-refractivity contribution in [1.29, 1.82) is 0 Å². The Labute approximate surface area is 249 Å². The Morgan fingerprint density at radius 2 is 0.625 bits per heavy atom. The standard InChI is InChI=1S/C34H70O6/c35-26-17-9-1-2-11-19-29-38-30-20-12-3-4-13-21-31-39-32-22-14-5-6-15-23-33-40-34(25-28-37)24-16-8-7-10-18-27-36/h34-37H,1-33H2. The summed E-state index contributed by atoms with van der Waals surface area (Å²) in [6.45, 7) is 5.32. The molecule has 3 N–H and O–H groups in total. The minimum atomic E-state index is 0.207. The van der Waals surface area contributed by atoms with Crippen molar-refractivity contribution in [3.05, 3.63) is 0 Å². The van der Waals surface area contributed by atoms with Crippen LogP contribution in [-0.4, -0.2) is 74.3 Å². The molecule has 0 saturated heterocycles. The lowest BCUT2D eigenvalue weighted by Gasteiger charge is -2.17. The van der Waals surface area contributed by atoms with E-state index in [4.69, 9.17) is 24.4 Å². The zero-order valence-electron chi connectivity index (χ0n) is 26.5. The van der Waals surface area contributed by atoms with Gasteiger partial charge in [0.25, 0.3) is 0 Å². The SMILES string of the molecule is OCCCCCCCCOCCCCCCCCOCCCCCCCCOC(CCO)CCCCCCCO. The van der Waals surface area contributed by atoms with Crippen LogP contribution in [0.2, 0.25) is 0 Å². The van der Waals surface area contributed by atoms with E-state index in [-0.39, 0.29) is 12.7 Å². The summed E-state index contributed by atoms with van der Waals surface area (Å²) in [7, 11) is 0. The minimum Gasteiger partial charge on any atom is -0.396 e. The molecule has 1 atom stereocenters. The van der Waals surface area contributed by atoms with Crippen LogP contribution in [0, 0.1) is 0 Å². The van der Waals surface area contributed by atoms with E-state index in [1.165, 1.54) is 109 Å². The fourth-order valence-electron chi connectivity index (χ4n) is 5.07. The van der Waals surface area contributed by atoms with Gasteiger partial charge in [-0.25, -0.2) is 0 Å². The van der Waals surface area contributed by atoms with Crippen molar-refractivity contribution < 1.29 is 29.5 Å². The van der Waals surface area contributed by atoms with E-state index in [0.717, 1.165) is 84.4 Å². The van der Waals surface area contributed by atoms with Crippen LogP contribution in [0.4, 0.5) is 0 Å². The molecule has 0 aromatic rings. The fourth-order valence-corrected chi connectivity index (χ4v) is 5.07. The van der Waals surface area contributed by atoms with Crippen molar-refractivity contribution in [2.24, 2.45) is 0 Å². The van der Waals surface area contributed by atoms with Crippen molar-refractivity contribution in [1.82, 2.24) is 0 Å². The van der Waals surface area contributed by atoms with Crippen LogP contribution in [-0.2, 0) is 14.2 Å². The Morgan fingerprint density at radius 3 is 1.00 bits per heavy atom. The predicted octanol–water partition coefficient (Wildman–Crippen LogP) is 8.13. The van der Waals surface area contributed by atoms with E-state index < -0.39 is 0 Å². The summed E-state index contributed by atoms with van der Waals surface area (Å²) in [6.07, 6.45) is 29.5. The smallest absolute Gasteiger partial charge is 0.0597 e. The monoisotopic (exact) mass is 575 g/mol. The molecule has 0 aromatic carbocycles. The Hall–Kier alpha value is -0.240. The molecule has 1 unspecified atom stereocenters. The van der Waals surface area contributed by atoms with Crippen LogP contribution in [0.5, 0.6) is 0 Å². The van der Waals surface area contributed by atoms with Gasteiger partial charge in [0.15, 0.2) is 0 Å². The molecule has 242 valence electrons. The average Bonchev–Trinajstić information content (AvgIpc) is 2.96. The van der Waals surface area contributed by atoms with Crippen molar-refractivity contribution in [3.63, 3.8) is 0 Å². The lowest BCUT2D eigenvalue weighted by molar-refractivity contribution is 0.0265. The van der Waals surface area contributed by atoms with Gasteiger partial charge in [-0.1, -0.05) is 103 Å². The summed E-state index contributed by atoms with van der Waals surface area (Å²) in [5.74, 6) is 0. The molecule has 0 radical (unpaired) electrons. The fraction of sp³-hybridized carbons (Fsp3) is 1.00. The molecule has 0 rings (SSSR count). The molecule has 6 nitrogen and oxygen atoms in total. The van der Waals surface area contributed by atoms with Crippen LogP contribution in [0.3, 0.4) is 0 Å². The van der Waals surface area contributed by atoms with E-state index in [0.29, 0.717) is 13.2 Å². The Kier molecular flexibility index (Phi) is 36.6. The minimum absolute atomic E-state index is 0.207. The van der Waals surface area contributed by atoms with E-state index in [1.807, 2.05) is 0 Å². The second-order valence-electron chi connectivity index (χ2n) is 11.6. The first-order valence-electron chi connectivity index (χ1n) is 17.4. The second kappa shape index (κ2) is 36.8. The van der Waals surface area contributed by atoms with E-state index in [9.17, 15) is 5.11 Å². The highest BCUT2D eigenvalue weighted by Crippen LogP contribution is 2.14. The highest BCUT2D eigenvalue weighted by Gasteiger charge is 2.08. The Bertz CT molecular complexity index is 437. The summed E-state index contributed by atoms with van der Waals surface area (Å²) in [5.41, 5.74) is 0. The highest BCUT2D eigenvalue weighted by molar-refractivity contribution is 4.59. The predicted molar refractivity (Wildman–Crippen MR) is 168 cm³/mol. The first-order valence-corrected chi connectivity index (χ1v) is 17.4. The molecule has 0 heterocycles. The number of hydrogen-bond acceptors (Lipinski definition) is 6. The number of rotatable bonds is 36. The van der Waals surface area contributed by atoms with Crippen LogP contribution in [0.15, 0.2) is 0 Å². The van der Waals surface area contributed by atoms with Gasteiger partial charge in [0, 0.05) is 52.9 Å². The third-order valence-corrected chi connectivity index (χ3v) is 7.70. The molecule has 6 heteroatoms. The topological polar surface area (TPSA) is 88.4 Å². The normalized spacial score (nSPS) is 12.4. The quantitative estimate of drug-likeness (QED) is 0.0655. The maximum Gasteiger partial charge on any atom is 0.0597 e. The van der Waals surface area contributed by atoms with Crippen LogP contribution in [0.1, 0.15) is 161 Å². The van der Waals surface area contributed by atoms with Gasteiger partial charge in [-0.15, -0.1) is 0 Å². The lowest BCUT2D eigenvalue weighted by Crippen LogP contribution is -2.15. The average molecular weight is 575 g/mol. The molecule has 0 aromatic heterocycles. The van der Waals surface area contributed by atoms with Gasteiger partial charge >= 0.3 is 0 Å². The molecule has 0 spiro atoms. The largest absolute Gasteiger partial charge is 0.396 e. The number of aliphatic hydroxyl groups excluding tert-OH is 3. The van der Waals surface area contributed by atoms with Crippen molar-refractivity contribution >= 4 is 0 Å². The summed E-state index contributed by atoms with van der Waals surface area (Å²) >= 11 is 0. The Balaban J connectivity index is 3.22. The molecule has 0 fully saturated rings. The number of unbranched alkanes of at least 4 members (excludes halogenated alkanes) is 19. The van der Waals surface area contributed by atoms with Crippen LogP contribution < -0.4 is 0 Å². The molecule has 0 saturated carbocycles. The number of aliphatic hydroxyl groups is 3. The van der Waals surface area contributed by atoms with Crippen LogP contribution in [0.25, 0.3) is 0 Å². The third-order valence-electron chi connectivity index (χ3n) is 7.70. The van der Waals surface area contributed by atoms with Gasteiger partial charge in [0.1, 0.15) is 0 Å². The van der Waals surface area contributed by atoms with E-state index in [1.54, 1.807) is 0 Å². The lowest BCUT2D eigenvalue weighted by atomic mass is 10.1. The van der Waals surface area contributed by atoms with Gasteiger partial charge in [-0.2, -0.15) is 0 Å². The van der Waals surface area contributed by atoms with Gasteiger partial charge < -0.3 is 29.5 Å². The van der Waals surface area contributed by atoms with Crippen molar-refractivity contribution in [2.45, 2.75) is 167 Å². The van der Waals surface area contributed by atoms with Crippen molar-refractivity contribution in [2.75, 3.05) is 52.9 Å². The zero-order chi connectivity index (χ0) is 29.0. The first kappa shape index (κ1) is 39.8. The van der Waals surface area contributed by atoms with E-state index in [2.05, 4.69) is 0 Å². The molecule has 0 aliphatic carbocycles. The molecule has 0 aliphatic rings. The Morgan fingerprint density at radius 1 is 0.300 bits per heavy atom. The summed E-state index contributed by atoms with van der Waals surface area (Å²) in [5, 5.41) is 26.9. The number of ether oxygens (including phenoxy) is 3. The zero-order valence-corrected chi connectivity index (χ0v) is 26.5. The molecule has 0 amide bonds. The maximum absolute atomic E-state index is 9.28. The van der Waals surface area contributed by atoms with Crippen molar-refractivity contribution in [3.8, 4) is 0 Å². The van der Waals surface area contributed by atoms with Gasteiger partial charge in [0.05, 0.1) is 6.10 Å². The first-order chi connectivity index (χ1) is 19.8. The molecule has 0 aliphatic heterocycles. The number of hydrogen-bond donors (Lipinski definition) is 3. The molecule has 40 heavy (non-hydrogen) atoms. The van der Waals surface area contributed by atoms with Gasteiger partial charge in [-0.05, 0) is 57.8 Å². The summed E-state index contributed by atoms with van der Waals surface area (Å²) < 4.78 is 17.6. The maximum atomic E-state index is 9.28. The van der Waals surface area contributed by atoms with Gasteiger partial charge in [-0.3, -0.25) is 0 Å².